The molecule has 0 aliphatic rings. The maximum absolute atomic E-state index is 11.0. The predicted octanol–water partition coefficient (Wildman–Crippen LogP) is 1.49. The molecule has 0 saturated carbocycles. The number of benzene rings is 1. The molecule has 0 amide bonds. The molecule has 4 nitrogen and oxygen atoms in total. The fourth-order valence-corrected chi connectivity index (χ4v) is 1.66. The van der Waals surface area contributed by atoms with Gasteiger partial charge in [-0.3, -0.25) is 0 Å². The van der Waals surface area contributed by atoms with E-state index < -0.39 is 5.97 Å². The normalized spacial score (nSPS) is 12.4. The zero-order valence-electron chi connectivity index (χ0n) is 10.0. The number of hydrogen-bond donors (Lipinski definition) is 3. The first kappa shape index (κ1) is 13.7. The Kier molecular flexibility index (Phi) is 5.66. The lowest BCUT2D eigenvalue weighted by Gasteiger charge is -2.12. The second-order valence-electron chi connectivity index (χ2n) is 4.21. The van der Waals surface area contributed by atoms with Crippen LogP contribution in [0.3, 0.4) is 0 Å². The predicted molar refractivity (Wildman–Crippen MR) is 66.0 cm³/mol. The molecule has 0 bridgehead atoms. The minimum Gasteiger partial charge on any atom is -0.478 e. The SMILES string of the molecule is CC(CCO)CNCc1ccccc1C(=O)O. The molecule has 0 aromatic heterocycles. The van der Waals surface area contributed by atoms with Crippen molar-refractivity contribution in [1.82, 2.24) is 5.32 Å². The van der Waals surface area contributed by atoms with Crippen LogP contribution in [0.4, 0.5) is 0 Å². The van der Waals surface area contributed by atoms with Crippen molar-refractivity contribution in [3.8, 4) is 0 Å². The Morgan fingerprint density at radius 3 is 2.76 bits per heavy atom. The van der Waals surface area contributed by atoms with Crippen LogP contribution in [0, 0.1) is 5.92 Å². The summed E-state index contributed by atoms with van der Waals surface area (Å²) in [4.78, 5) is 11.0. The molecule has 0 saturated heterocycles. The first-order chi connectivity index (χ1) is 8.15. The van der Waals surface area contributed by atoms with Crippen molar-refractivity contribution >= 4 is 5.97 Å². The van der Waals surface area contributed by atoms with E-state index in [2.05, 4.69) is 5.32 Å². The highest BCUT2D eigenvalue weighted by Crippen LogP contribution is 2.08. The van der Waals surface area contributed by atoms with Gasteiger partial charge in [-0.2, -0.15) is 0 Å². The highest BCUT2D eigenvalue weighted by molar-refractivity contribution is 5.89. The first-order valence-electron chi connectivity index (χ1n) is 5.78. The fourth-order valence-electron chi connectivity index (χ4n) is 1.66. The maximum Gasteiger partial charge on any atom is 0.336 e. The first-order valence-corrected chi connectivity index (χ1v) is 5.78. The molecule has 4 heteroatoms. The standard InChI is InChI=1S/C13H19NO3/c1-10(6-7-15)8-14-9-11-4-2-3-5-12(11)13(16)17/h2-5,10,14-15H,6-9H2,1H3,(H,16,17). The van der Waals surface area contributed by atoms with Crippen LogP contribution in [0.25, 0.3) is 0 Å². The second kappa shape index (κ2) is 7.04. The lowest BCUT2D eigenvalue weighted by Crippen LogP contribution is -2.22. The lowest BCUT2D eigenvalue weighted by molar-refractivity contribution is 0.0695. The minimum atomic E-state index is -0.897. The summed E-state index contributed by atoms with van der Waals surface area (Å²) in [5, 5.41) is 21.0. The van der Waals surface area contributed by atoms with E-state index in [4.69, 9.17) is 10.2 Å². The van der Waals surface area contributed by atoms with E-state index >= 15 is 0 Å². The molecule has 17 heavy (non-hydrogen) atoms. The van der Waals surface area contributed by atoms with Gasteiger partial charge in [0.1, 0.15) is 0 Å². The van der Waals surface area contributed by atoms with Crippen molar-refractivity contribution in [3.63, 3.8) is 0 Å². The molecule has 1 atom stereocenters. The monoisotopic (exact) mass is 237 g/mol. The van der Waals surface area contributed by atoms with E-state index in [-0.39, 0.29) is 6.61 Å². The molecule has 0 spiro atoms. The second-order valence-corrected chi connectivity index (χ2v) is 4.21. The largest absolute Gasteiger partial charge is 0.478 e. The summed E-state index contributed by atoms with van der Waals surface area (Å²) in [5.41, 5.74) is 1.13. The smallest absolute Gasteiger partial charge is 0.336 e. The molecule has 1 unspecified atom stereocenters. The Labute approximate surface area is 101 Å². The van der Waals surface area contributed by atoms with Gasteiger partial charge in [0.25, 0.3) is 0 Å². The third-order valence-corrected chi connectivity index (χ3v) is 2.68. The highest BCUT2D eigenvalue weighted by atomic mass is 16.4. The number of carbonyl (C=O) groups is 1. The molecule has 0 aliphatic carbocycles. The van der Waals surface area contributed by atoms with Gasteiger partial charge < -0.3 is 15.5 Å². The van der Waals surface area contributed by atoms with E-state index in [0.29, 0.717) is 18.0 Å². The summed E-state index contributed by atoms with van der Waals surface area (Å²) in [6.45, 7) is 3.55. The third kappa shape index (κ3) is 4.54. The molecule has 1 aromatic carbocycles. The number of hydrogen-bond acceptors (Lipinski definition) is 3. The van der Waals surface area contributed by atoms with Crippen molar-refractivity contribution in [2.45, 2.75) is 19.9 Å². The number of carboxylic acid groups (broad SMARTS) is 1. The van der Waals surface area contributed by atoms with Gasteiger partial charge in [-0.15, -0.1) is 0 Å². The van der Waals surface area contributed by atoms with Crippen LogP contribution in [-0.4, -0.2) is 29.3 Å². The molecule has 0 aliphatic heterocycles. The Hall–Kier alpha value is -1.39. The molecule has 1 rings (SSSR count). The van der Waals surface area contributed by atoms with Gasteiger partial charge >= 0.3 is 5.97 Å². The number of rotatable bonds is 7. The van der Waals surface area contributed by atoms with E-state index in [1.807, 2.05) is 19.1 Å². The molecule has 0 fully saturated rings. The number of aliphatic hydroxyl groups is 1. The maximum atomic E-state index is 11.0. The summed E-state index contributed by atoms with van der Waals surface area (Å²) in [6.07, 6.45) is 0.758. The third-order valence-electron chi connectivity index (χ3n) is 2.68. The van der Waals surface area contributed by atoms with Crippen molar-refractivity contribution in [3.05, 3.63) is 35.4 Å². The van der Waals surface area contributed by atoms with Crippen molar-refractivity contribution in [1.29, 1.82) is 0 Å². The summed E-state index contributed by atoms with van der Waals surface area (Å²) < 4.78 is 0. The van der Waals surface area contributed by atoms with Gasteiger partial charge in [0.05, 0.1) is 5.56 Å². The molecule has 0 heterocycles. The number of aromatic carboxylic acids is 1. The van der Waals surface area contributed by atoms with Crippen LogP contribution >= 0.6 is 0 Å². The molecule has 1 aromatic rings. The van der Waals surface area contributed by atoms with Crippen molar-refractivity contribution < 1.29 is 15.0 Å². The Bertz CT molecular complexity index is 365. The van der Waals surface area contributed by atoms with Crippen molar-refractivity contribution in [2.24, 2.45) is 5.92 Å². The summed E-state index contributed by atoms with van der Waals surface area (Å²) in [6, 6.07) is 6.98. The number of carboxylic acids is 1. The van der Waals surface area contributed by atoms with E-state index in [0.717, 1.165) is 18.5 Å². The van der Waals surface area contributed by atoms with E-state index in [9.17, 15) is 4.79 Å². The van der Waals surface area contributed by atoms with Gasteiger partial charge in [-0.05, 0) is 30.5 Å². The average Bonchev–Trinajstić information content (AvgIpc) is 2.30. The van der Waals surface area contributed by atoms with Gasteiger partial charge in [-0.25, -0.2) is 4.79 Å². The Morgan fingerprint density at radius 1 is 1.41 bits per heavy atom. The van der Waals surface area contributed by atoms with Gasteiger partial charge in [0.2, 0.25) is 0 Å². The fraction of sp³-hybridized carbons (Fsp3) is 0.462. The molecule has 0 radical (unpaired) electrons. The minimum absolute atomic E-state index is 0.189. The highest BCUT2D eigenvalue weighted by Gasteiger charge is 2.08. The zero-order valence-corrected chi connectivity index (χ0v) is 10.0. The Morgan fingerprint density at radius 2 is 2.12 bits per heavy atom. The summed E-state index contributed by atoms with van der Waals surface area (Å²) >= 11 is 0. The van der Waals surface area contributed by atoms with Crippen LogP contribution in [0.15, 0.2) is 24.3 Å². The van der Waals surface area contributed by atoms with Crippen molar-refractivity contribution in [2.75, 3.05) is 13.2 Å². The van der Waals surface area contributed by atoms with E-state index in [1.54, 1.807) is 12.1 Å². The van der Waals surface area contributed by atoms with Gasteiger partial charge in [0.15, 0.2) is 0 Å². The van der Waals surface area contributed by atoms with Crippen LogP contribution < -0.4 is 5.32 Å². The molecule has 3 N–H and O–H groups in total. The Balaban J connectivity index is 2.49. The zero-order chi connectivity index (χ0) is 12.7. The van der Waals surface area contributed by atoms with Gasteiger partial charge in [0, 0.05) is 13.2 Å². The lowest BCUT2D eigenvalue weighted by atomic mass is 10.1. The topological polar surface area (TPSA) is 69.6 Å². The summed E-state index contributed by atoms with van der Waals surface area (Å²) in [7, 11) is 0. The van der Waals surface area contributed by atoms with E-state index in [1.165, 1.54) is 0 Å². The quantitative estimate of drug-likeness (QED) is 0.672. The van der Waals surface area contributed by atoms with Crippen LogP contribution in [0.2, 0.25) is 0 Å². The number of aliphatic hydroxyl groups excluding tert-OH is 1. The molecule has 94 valence electrons. The molecular weight excluding hydrogens is 218 g/mol. The summed E-state index contributed by atoms with van der Waals surface area (Å²) in [5.74, 6) is -0.511. The van der Waals surface area contributed by atoms with Crippen LogP contribution in [0.5, 0.6) is 0 Å². The number of nitrogens with one attached hydrogen (secondary N) is 1. The van der Waals surface area contributed by atoms with Crippen LogP contribution in [-0.2, 0) is 6.54 Å². The average molecular weight is 237 g/mol. The van der Waals surface area contributed by atoms with Gasteiger partial charge in [-0.1, -0.05) is 25.1 Å². The molecular formula is C13H19NO3. The van der Waals surface area contributed by atoms with Crippen LogP contribution in [0.1, 0.15) is 29.3 Å².